The van der Waals surface area contributed by atoms with E-state index in [1.165, 1.54) is 17.2 Å². The Balaban J connectivity index is 2.25. The molecule has 1 N–H and O–H groups in total. The highest BCUT2D eigenvalue weighted by Gasteiger charge is 2.11. The molecule has 0 radical (unpaired) electrons. The number of aryl methyl sites for hydroxylation is 2. The Labute approximate surface area is 119 Å². The van der Waals surface area contributed by atoms with Crippen molar-refractivity contribution in [2.45, 2.75) is 26.8 Å². The molecule has 1 unspecified atom stereocenters. The lowest BCUT2D eigenvalue weighted by Crippen LogP contribution is -2.09. The molecule has 2 aromatic carbocycles. The Morgan fingerprint density at radius 2 is 1.85 bits per heavy atom. The van der Waals surface area contributed by atoms with Crippen LogP contribution >= 0.6 is 0 Å². The molecule has 0 aliphatic rings. The Morgan fingerprint density at radius 1 is 1.10 bits per heavy atom. The maximum Gasteiger partial charge on any atom is 0.146 e. The number of hydrogen-bond acceptors (Lipinski definition) is 2. The van der Waals surface area contributed by atoms with Crippen LogP contribution < -0.4 is 10.1 Å². The maximum atomic E-state index is 13.8. The van der Waals surface area contributed by atoms with Gasteiger partial charge in [0.25, 0.3) is 0 Å². The molecule has 2 nitrogen and oxygen atoms in total. The van der Waals surface area contributed by atoms with E-state index in [2.05, 4.69) is 37.4 Å². The summed E-state index contributed by atoms with van der Waals surface area (Å²) in [6.45, 7) is 6.16. The number of benzene rings is 2. The first kappa shape index (κ1) is 14.4. The lowest BCUT2D eigenvalue weighted by atomic mass is 10.00. The fraction of sp³-hybridized carbons (Fsp3) is 0.294. The molecule has 0 amide bonds. The van der Waals surface area contributed by atoms with Gasteiger partial charge in [-0.15, -0.1) is 0 Å². The Hall–Kier alpha value is -2.03. The molecule has 0 aromatic heterocycles. The summed E-state index contributed by atoms with van der Waals surface area (Å²) in [7, 11) is 1.57. The zero-order valence-electron chi connectivity index (χ0n) is 12.3. The van der Waals surface area contributed by atoms with Crippen molar-refractivity contribution in [3.63, 3.8) is 0 Å². The van der Waals surface area contributed by atoms with Gasteiger partial charge in [0, 0.05) is 12.1 Å². The second-order valence-corrected chi connectivity index (χ2v) is 5.07. The third-order valence-electron chi connectivity index (χ3n) is 3.44. The Kier molecular flexibility index (Phi) is 4.28. The zero-order chi connectivity index (χ0) is 14.7. The van der Waals surface area contributed by atoms with Gasteiger partial charge in [-0.05, 0) is 44.0 Å². The van der Waals surface area contributed by atoms with Crippen molar-refractivity contribution in [1.82, 2.24) is 0 Å². The molecule has 0 saturated heterocycles. The summed E-state index contributed by atoms with van der Waals surface area (Å²) in [5.41, 5.74) is 4.05. The molecule has 0 bridgehead atoms. The highest BCUT2D eigenvalue weighted by Crippen LogP contribution is 2.27. The smallest absolute Gasteiger partial charge is 0.146 e. The van der Waals surface area contributed by atoms with E-state index in [9.17, 15) is 4.39 Å². The number of anilines is 1. The highest BCUT2D eigenvalue weighted by molar-refractivity contribution is 5.51. The SMILES string of the molecule is COc1ccc(F)c(NC(C)c2ccc(C)cc2C)c1. The minimum absolute atomic E-state index is 0.0252. The molecule has 106 valence electrons. The standard InChI is InChI=1S/C17H20FNO/c1-11-5-7-15(12(2)9-11)13(3)19-17-10-14(20-4)6-8-16(17)18/h5-10,13,19H,1-4H3. The largest absolute Gasteiger partial charge is 0.497 e. The number of halogens is 1. The lowest BCUT2D eigenvalue weighted by Gasteiger charge is -2.19. The molecular weight excluding hydrogens is 253 g/mol. The molecule has 0 saturated carbocycles. The molecule has 0 aliphatic carbocycles. The molecule has 0 fully saturated rings. The maximum absolute atomic E-state index is 13.8. The normalized spacial score (nSPS) is 12.1. The lowest BCUT2D eigenvalue weighted by molar-refractivity contribution is 0.414. The molecule has 0 aliphatic heterocycles. The minimum atomic E-state index is -0.276. The zero-order valence-corrected chi connectivity index (χ0v) is 12.3. The van der Waals surface area contributed by atoms with Crippen LogP contribution in [0.25, 0.3) is 0 Å². The van der Waals surface area contributed by atoms with Crippen molar-refractivity contribution in [2.75, 3.05) is 12.4 Å². The molecule has 2 aromatic rings. The van der Waals surface area contributed by atoms with Crippen molar-refractivity contribution in [3.8, 4) is 5.75 Å². The summed E-state index contributed by atoms with van der Waals surface area (Å²) in [4.78, 5) is 0. The van der Waals surface area contributed by atoms with E-state index in [1.54, 1.807) is 19.2 Å². The minimum Gasteiger partial charge on any atom is -0.497 e. The average Bonchev–Trinajstić information content (AvgIpc) is 2.41. The quantitative estimate of drug-likeness (QED) is 0.877. The van der Waals surface area contributed by atoms with Crippen LogP contribution in [0, 0.1) is 19.7 Å². The van der Waals surface area contributed by atoms with Gasteiger partial charge < -0.3 is 10.1 Å². The summed E-state index contributed by atoms with van der Waals surface area (Å²) in [5, 5.41) is 3.21. The summed E-state index contributed by atoms with van der Waals surface area (Å²) in [5.74, 6) is 0.365. The van der Waals surface area contributed by atoms with Gasteiger partial charge in [-0.1, -0.05) is 23.8 Å². The van der Waals surface area contributed by atoms with Crippen molar-refractivity contribution in [2.24, 2.45) is 0 Å². The van der Waals surface area contributed by atoms with Crippen molar-refractivity contribution < 1.29 is 9.13 Å². The van der Waals surface area contributed by atoms with Crippen LogP contribution in [0.4, 0.5) is 10.1 Å². The molecule has 0 spiro atoms. The number of methoxy groups -OCH3 is 1. The summed E-state index contributed by atoms with van der Waals surface area (Å²) >= 11 is 0. The third-order valence-corrected chi connectivity index (χ3v) is 3.44. The van der Waals surface area contributed by atoms with E-state index < -0.39 is 0 Å². The van der Waals surface area contributed by atoms with Crippen molar-refractivity contribution in [3.05, 3.63) is 58.9 Å². The van der Waals surface area contributed by atoms with Gasteiger partial charge in [-0.3, -0.25) is 0 Å². The molecule has 20 heavy (non-hydrogen) atoms. The van der Waals surface area contributed by atoms with Crippen LogP contribution in [0.3, 0.4) is 0 Å². The predicted octanol–water partition coefficient (Wildman–Crippen LogP) is 4.62. The van der Waals surface area contributed by atoms with Gasteiger partial charge in [0.05, 0.1) is 12.8 Å². The second kappa shape index (κ2) is 5.95. The van der Waals surface area contributed by atoms with Crippen LogP contribution in [0.1, 0.15) is 29.7 Å². The Bertz CT molecular complexity index is 610. The molecule has 2 rings (SSSR count). The van der Waals surface area contributed by atoms with E-state index in [0.29, 0.717) is 11.4 Å². The second-order valence-electron chi connectivity index (χ2n) is 5.07. The average molecular weight is 273 g/mol. The van der Waals surface area contributed by atoms with Crippen LogP contribution in [-0.4, -0.2) is 7.11 Å². The first-order chi connectivity index (χ1) is 9.51. The van der Waals surface area contributed by atoms with Gasteiger partial charge in [0.2, 0.25) is 0 Å². The number of nitrogens with one attached hydrogen (secondary N) is 1. The van der Waals surface area contributed by atoms with E-state index in [4.69, 9.17) is 4.74 Å². The molecular formula is C17H20FNO. The fourth-order valence-corrected chi connectivity index (χ4v) is 2.36. The van der Waals surface area contributed by atoms with Crippen LogP contribution in [0.2, 0.25) is 0 Å². The van der Waals surface area contributed by atoms with Crippen LogP contribution in [-0.2, 0) is 0 Å². The summed E-state index contributed by atoms with van der Waals surface area (Å²) in [6.07, 6.45) is 0. The number of ether oxygens (including phenoxy) is 1. The van der Waals surface area contributed by atoms with Gasteiger partial charge in [0.1, 0.15) is 11.6 Å². The van der Waals surface area contributed by atoms with Gasteiger partial charge in [-0.25, -0.2) is 4.39 Å². The van der Waals surface area contributed by atoms with E-state index in [-0.39, 0.29) is 11.9 Å². The van der Waals surface area contributed by atoms with E-state index in [0.717, 1.165) is 5.56 Å². The molecule has 3 heteroatoms. The monoisotopic (exact) mass is 273 g/mol. The van der Waals surface area contributed by atoms with Gasteiger partial charge in [0.15, 0.2) is 0 Å². The first-order valence-corrected chi connectivity index (χ1v) is 6.68. The molecule has 1 atom stereocenters. The van der Waals surface area contributed by atoms with Gasteiger partial charge in [-0.2, -0.15) is 0 Å². The predicted molar refractivity (Wildman–Crippen MR) is 80.9 cm³/mol. The van der Waals surface area contributed by atoms with E-state index in [1.807, 2.05) is 6.92 Å². The third kappa shape index (κ3) is 3.10. The molecule has 0 heterocycles. The van der Waals surface area contributed by atoms with Crippen LogP contribution in [0.5, 0.6) is 5.75 Å². The highest BCUT2D eigenvalue weighted by atomic mass is 19.1. The summed E-state index contributed by atoms with van der Waals surface area (Å²) in [6, 6.07) is 11.0. The summed E-state index contributed by atoms with van der Waals surface area (Å²) < 4.78 is 19.0. The number of rotatable bonds is 4. The van der Waals surface area contributed by atoms with E-state index >= 15 is 0 Å². The Morgan fingerprint density at radius 3 is 2.50 bits per heavy atom. The topological polar surface area (TPSA) is 21.3 Å². The number of hydrogen-bond donors (Lipinski definition) is 1. The van der Waals surface area contributed by atoms with Crippen LogP contribution in [0.15, 0.2) is 36.4 Å². The van der Waals surface area contributed by atoms with Crippen molar-refractivity contribution >= 4 is 5.69 Å². The van der Waals surface area contributed by atoms with Crippen molar-refractivity contribution in [1.29, 1.82) is 0 Å². The fourth-order valence-electron chi connectivity index (χ4n) is 2.36. The first-order valence-electron chi connectivity index (χ1n) is 6.68. The van der Waals surface area contributed by atoms with Gasteiger partial charge >= 0.3 is 0 Å².